The molecular formula is C14H27F3IN5O3S. The molecule has 1 fully saturated rings. The van der Waals surface area contributed by atoms with Gasteiger partial charge in [0.15, 0.2) is 5.96 Å². The minimum Gasteiger partial charge on any atom is -0.357 e. The van der Waals surface area contributed by atoms with Crippen LogP contribution in [0.5, 0.6) is 0 Å². The second kappa shape index (κ2) is 11.9. The van der Waals surface area contributed by atoms with Crippen molar-refractivity contribution in [2.75, 3.05) is 32.7 Å². The van der Waals surface area contributed by atoms with E-state index in [2.05, 4.69) is 20.9 Å². The topological polar surface area (TPSA) is 103 Å². The smallest absolute Gasteiger partial charge is 0.357 e. The van der Waals surface area contributed by atoms with Crippen molar-refractivity contribution in [3.05, 3.63) is 0 Å². The Labute approximate surface area is 174 Å². The Kier molecular flexibility index (Phi) is 11.5. The molecule has 13 heteroatoms. The van der Waals surface area contributed by atoms with Crippen molar-refractivity contribution in [2.24, 2.45) is 4.99 Å². The van der Waals surface area contributed by atoms with E-state index in [1.54, 1.807) is 0 Å². The highest BCUT2D eigenvalue weighted by Gasteiger charge is 2.50. The predicted octanol–water partition coefficient (Wildman–Crippen LogP) is 1.000. The second-order valence-corrected chi connectivity index (χ2v) is 7.74. The highest BCUT2D eigenvalue weighted by molar-refractivity contribution is 14.0. The van der Waals surface area contributed by atoms with E-state index in [0.717, 1.165) is 6.42 Å². The van der Waals surface area contributed by atoms with Crippen molar-refractivity contribution in [3.63, 3.8) is 0 Å². The molecule has 3 N–H and O–H groups in total. The van der Waals surface area contributed by atoms with Gasteiger partial charge in [0.25, 0.3) is 0 Å². The van der Waals surface area contributed by atoms with Crippen LogP contribution in [-0.2, 0) is 14.8 Å². The fourth-order valence-corrected chi connectivity index (χ4v) is 3.36. The third-order valence-electron chi connectivity index (χ3n) is 3.72. The van der Waals surface area contributed by atoms with Gasteiger partial charge in [-0.15, -0.1) is 24.0 Å². The van der Waals surface area contributed by atoms with Crippen LogP contribution in [0.2, 0.25) is 0 Å². The van der Waals surface area contributed by atoms with Crippen molar-refractivity contribution in [3.8, 4) is 0 Å². The highest BCUT2D eigenvalue weighted by Crippen LogP contribution is 2.28. The number of hydrogen-bond donors (Lipinski definition) is 3. The maximum absolute atomic E-state index is 12.6. The SMILES string of the molecule is CCCNC(=O)CN=C(NCC)NC1CCN(S(=O)(=O)C(F)(F)F)CC1.I. The van der Waals surface area contributed by atoms with Gasteiger partial charge in [0, 0.05) is 32.2 Å². The number of amides is 1. The van der Waals surface area contributed by atoms with Crippen molar-refractivity contribution in [2.45, 2.75) is 44.7 Å². The molecule has 0 spiro atoms. The first-order valence-electron chi connectivity index (χ1n) is 8.49. The van der Waals surface area contributed by atoms with Crippen LogP contribution < -0.4 is 16.0 Å². The minimum atomic E-state index is -5.29. The molecule has 1 amide bonds. The van der Waals surface area contributed by atoms with Crippen LogP contribution in [0.15, 0.2) is 4.99 Å². The summed E-state index contributed by atoms with van der Waals surface area (Å²) in [4.78, 5) is 15.7. The van der Waals surface area contributed by atoms with Crippen LogP contribution in [0.4, 0.5) is 13.2 Å². The van der Waals surface area contributed by atoms with Crippen LogP contribution in [-0.4, -0.2) is 68.9 Å². The zero-order valence-corrected chi connectivity index (χ0v) is 18.5. The summed E-state index contributed by atoms with van der Waals surface area (Å²) < 4.78 is 61.0. The Balaban J connectivity index is 0.00000676. The largest absolute Gasteiger partial charge is 0.511 e. The standard InChI is InChI=1S/C14H26F3N5O3S.HI/c1-3-7-19-12(23)10-20-13(18-4-2)21-11-5-8-22(9-6-11)26(24,25)14(15,16)17;/h11H,3-10H2,1-2H3,(H,19,23)(H2,18,20,21);1H. The summed E-state index contributed by atoms with van der Waals surface area (Å²) in [6.07, 6.45) is 1.23. The van der Waals surface area contributed by atoms with E-state index < -0.39 is 15.5 Å². The summed E-state index contributed by atoms with van der Waals surface area (Å²) in [6, 6.07) is -0.230. The van der Waals surface area contributed by atoms with E-state index >= 15 is 0 Å². The van der Waals surface area contributed by atoms with Gasteiger partial charge in [0.05, 0.1) is 0 Å². The lowest BCUT2D eigenvalue weighted by Crippen LogP contribution is -2.51. The first kappa shape index (κ1) is 26.2. The zero-order chi connectivity index (χ0) is 19.8. The van der Waals surface area contributed by atoms with Crippen LogP contribution in [0.3, 0.4) is 0 Å². The first-order valence-corrected chi connectivity index (χ1v) is 9.93. The summed E-state index contributed by atoms with van der Waals surface area (Å²) in [6.45, 7) is 4.35. The highest BCUT2D eigenvalue weighted by atomic mass is 127. The number of sulfonamides is 1. The summed E-state index contributed by atoms with van der Waals surface area (Å²) in [5.74, 6) is 0.145. The van der Waals surface area contributed by atoms with Gasteiger partial charge in [-0.1, -0.05) is 6.92 Å². The van der Waals surface area contributed by atoms with E-state index in [4.69, 9.17) is 0 Å². The predicted molar refractivity (Wildman–Crippen MR) is 107 cm³/mol. The number of carbonyl (C=O) groups is 1. The fraction of sp³-hybridized carbons (Fsp3) is 0.857. The molecule has 8 nitrogen and oxygen atoms in total. The van der Waals surface area contributed by atoms with Crippen molar-refractivity contribution >= 4 is 45.9 Å². The third kappa shape index (κ3) is 8.37. The second-order valence-electron chi connectivity index (χ2n) is 5.81. The van der Waals surface area contributed by atoms with Gasteiger partial charge in [-0.3, -0.25) is 4.79 Å². The van der Waals surface area contributed by atoms with Crippen LogP contribution in [0.1, 0.15) is 33.1 Å². The monoisotopic (exact) mass is 529 g/mol. The number of rotatable bonds is 7. The molecule has 0 bridgehead atoms. The van der Waals surface area contributed by atoms with Gasteiger partial charge in [0.1, 0.15) is 6.54 Å². The normalized spacial score (nSPS) is 17.1. The molecule has 0 aromatic heterocycles. The Morgan fingerprint density at radius 1 is 1.19 bits per heavy atom. The minimum absolute atomic E-state index is 0. The zero-order valence-electron chi connectivity index (χ0n) is 15.3. The van der Waals surface area contributed by atoms with Gasteiger partial charge >= 0.3 is 15.5 Å². The lowest BCUT2D eigenvalue weighted by Gasteiger charge is -2.32. The number of nitrogens with zero attached hydrogens (tertiary/aromatic N) is 2. The molecule has 1 heterocycles. The molecule has 0 aromatic rings. The number of carbonyl (C=O) groups excluding carboxylic acids is 1. The molecule has 1 aliphatic rings. The lowest BCUT2D eigenvalue weighted by molar-refractivity contribution is -0.119. The molecular weight excluding hydrogens is 502 g/mol. The van der Waals surface area contributed by atoms with Crippen LogP contribution in [0, 0.1) is 0 Å². The summed E-state index contributed by atoms with van der Waals surface area (Å²) in [5, 5.41) is 8.68. The molecule has 160 valence electrons. The summed E-state index contributed by atoms with van der Waals surface area (Å²) >= 11 is 0. The van der Waals surface area contributed by atoms with Crippen LogP contribution in [0.25, 0.3) is 0 Å². The number of halogens is 4. The van der Waals surface area contributed by atoms with Crippen molar-refractivity contribution < 1.29 is 26.4 Å². The maximum Gasteiger partial charge on any atom is 0.511 e. The summed E-state index contributed by atoms with van der Waals surface area (Å²) in [7, 11) is -5.29. The van der Waals surface area contributed by atoms with E-state index in [9.17, 15) is 26.4 Å². The average molecular weight is 529 g/mol. The first-order chi connectivity index (χ1) is 12.1. The third-order valence-corrected chi connectivity index (χ3v) is 5.35. The number of alkyl halides is 3. The number of guanidine groups is 1. The van der Waals surface area contributed by atoms with Crippen molar-refractivity contribution in [1.29, 1.82) is 0 Å². The van der Waals surface area contributed by atoms with Gasteiger partial charge in [-0.05, 0) is 26.2 Å². The molecule has 27 heavy (non-hydrogen) atoms. The van der Waals surface area contributed by atoms with E-state index in [1.807, 2.05) is 13.8 Å². The van der Waals surface area contributed by atoms with E-state index in [0.29, 0.717) is 23.4 Å². The van der Waals surface area contributed by atoms with Crippen LogP contribution >= 0.6 is 24.0 Å². The number of piperidine rings is 1. The molecule has 0 aromatic carbocycles. The van der Waals surface area contributed by atoms with Gasteiger partial charge < -0.3 is 16.0 Å². The maximum atomic E-state index is 12.6. The molecule has 0 aliphatic carbocycles. The lowest BCUT2D eigenvalue weighted by atomic mass is 10.1. The van der Waals surface area contributed by atoms with Crippen molar-refractivity contribution in [1.82, 2.24) is 20.3 Å². The molecule has 0 saturated carbocycles. The Morgan fingerprint density at radius 3 is 2.26 bits per heavy atom. The average Bonchev–Trinajstić information content (AvgIpc) is 2.57. The van der Waals surface area contributed by atoms with Gasteiger partial charge in [0.2, 0.25) is 5.91 Å². The summed E-state index contributed by atoms with van der Waals surface area (Å²) in [5.41, 5.74) is -5.28. The molecule has 1 rings (SSSR count). The van der Waals surface area contributed by atoms with E-state index in [1.165, 1.54) is 0 Å². The molecule has 0 unspecified atom stereocenters. The van der Waals surface area contributed by atoms with Gasteiger partial charge in [-0.25, -0.2) is 13.4 Å². The molecule has 1 aliphatic heterocycles. The Bertz CT molecular complexity index is 593. The Hall–Kier alpha value is -0.830. The Morgan fingerprint density at radius 2 is 1.78 bits per heavy atom. The van der Waals surface area contributed by atoms with Gasteiger partial charge in [-0.2, -0.15) is 17.5 Å². The molecule has 1 saturated heterocycles. The number of aliphatic imine (C=N–C) groups is 1. The molecule has 0 radical (unpaired) electrons. The van der Waals surface area contributed by atoms with E-state index in [-0.39, 0.29) is 68.4 Å². The quantitative estimate of drug-likeness (QED) is 0.260. The fourth-order valence-electron chi connectivity index (χ4n) is 2.37. The number of nitrogens with one attached hydrogen (secondary N) is 3. The molecule has 0 atom stereocenters. The number of hydrogen-bond acceptors (Lipinski definition) is 4.